The highest BCUT2D eigenvalue weighted by atomic mass is 16.5. The normalized spacial score (nSPS) is 18.3. The Bertz CT molecular complexity index is 711. The Morgan fingerprint density at radius 3 is 2.58 bits per heavy atom. The second-order valence-corrected chi connectivity index (χ2v) is 7.42. The first-order chi connectivity index (χ1) is 12.7. The average Bonchev–Trinajstić information content (AvgIpc) is 2.67. The molecular formula is C23H30N2O. The highest BCUT2D eigenvalue weighted by molar-refractivity contribution is 5.58. The molecule has 3 heteroatoms. The van der Waals surface area contributed by atoms with E-state index >= 15 is 0 Å². The van der Waals surface area contributed by atoms with Crippen LogP contribution < -0.4 is 0 Å². The van der Waals surface area contributed by atoms with E-state index in [1.807, 2.05) is 0 Å². The van der Waals surface area contributed by atoms with E-state index in [1.54, 1.807) is 7.11 Å². The summed E-state index contributed by atoms with van der Waals surface area (Å²) >= 11 is 0. The number of fused-ring (bicyclic) bond motifs is 1. The Morgan fingerprint density at radius 1 is 1.12 bits per heavy atom. The first kappa shape index (κ1) is 18.7. The largest absolute Gasteiger partial charge is 0.382 e. The van der Waals surface area contributed by atoms with Crippen LogP contribution >= 0.6 is 0 Å². The van der Waals surface area contributed by atoms with Crippen LogP contribution in [0.3, 0.4) is 0 Å². The van der Waals surface area contributed by atoms with Crippen LogP contribution in [0.2, 0.25) is 0 Å². The molecule has 138 valence electrons. The SMILES string of the molecule is COC[C@@H](N=CN1CCc2ccccc2[C@@H]1Cc1ccccc1)C(C)C. The Balaban J connectivity index is 1.85. The van der Waals surface area contributed by atoms with E-state index in [-0.39, 0.29) is 6.04 Å². The molecule has 0 aliphatic carbocycles. The number of nitrogens with zero attached hydrogens (tertiary/aromatic N) is 2. The summed E-state index contributed by atoms with van der Waals surface area (Å²) in [6.45, 7) is 6.08. The number of ether oxygens (including phenoxy) is 1. The molecular weight excluding hydrogens is 320 g/mol. The van der Waals surface area contributed by atoms with Crippen LogP contribution in [0.5, 0.6) is 0 Å². The standard InChI is InChI=1S/C23H30N2O/c1-18(2)22(16-26-3)24-17-25-14-13-20-11-7-8-12-21(20)23(25)15-19-9-5-4-6-10-19/h4-12,17-18,22-23H,13-16H2,1-3H3/t22-,23+/m1/s1. The summed E-state index contributed by atoms with van der Waals surface area (Å²) in [5.41, 5.74) is 4.27. The van der Waals surface area contributed by atoms with Gasteiger partial charge in [0.15, 0.2) is 0 Å². The van der Waals surface area contributed by atoms with E-state index in [4.69, 9.17) is 9.73 Å². The smallest absolute Gasteiger partial charge is 0.0859 e. The van der Waals surface area contributed by atoms with Gasteiger partial charge >= 0.3 is 0 Å². The number of hydrogen-bond donors (Lipinski definition) is 0. The van der Waals surface area contributed by atoms with Crippen LogP contribution in [0.15, 0.2) is 59.6 Å². The van der Waals surface area contributed by atoms with Gasteiger partial charge in [-0.25, -0.2) is 0 Å². The van der Waals surface area contributed by atoms with Crippen molar-refractivity contribution in [2.24, 2.45) is 10.9 Å². The number of hydrogen-bond acceptors (Lipinski definition) is 2. The molecule has 0 aromatic heterocycles. The van der Waals surface area contributed by atoms with Gasteiger partial charge in [0.1, 0.15) is 0 Å². The molecule has 0 radical (unpaired) electrons. The first-order valence-electron chi connectivity index (χ1n) is 9.58. The summed E-state index contributed by atoms with van der Waals surface area (Å²) < 4.78 is 5.35. The Hall–Kier alpha value is -2.13. The van der Waals surface area contributed by atoms with Crippen LogP contribution in [0.25, 0.3) is 0 Å². The fraction of sp³-hybridized carbons (Fsp3) is 0.435. The Kier molecular flexibility index (Phi) is 6.45. The van der Waals surface area contributed by atoms with E-state index in [0.717, 1.165) is 19.4 Å². The number of rotatable bonds is 7. The van der Waals surface area contributed by atoms with Gasteiger partial charge in [-0.3, -0.25) is 4.99 Å². The third kappa shape index (κ3) is 4.53. The summed E-state index contributed by atoms with van der Waals surface area (Å²) in [5, 5.41) is 0. The zero-order chi connectivity index (χ0) is 18.4. The molecule has 0 saturated heterocycles. The molecule has 3 rings (SSSR count). The number of benzene rings is 2. The van der Waals surface area contributed by atoms with Crippen molar-refractivity contribution in [2.45, 2.75) is 38.8 Å². The highest BCUT2D eigenvalue weighted by Crippen LogP contribution is 2.31. The maximum atomic E-state index is 5.35. The van der Waals surface area contributed by atoms with Crippen molar-refractivity contribution in [2.75, 3.05) is 20.3 Å². The minimum absolute atomic E-state index is 0.203. The molecule has 2 atom stereocenters. The fourth-order valence-corrected chi connectivity index (χ4v) is 3.62. The van der Waals surface area contributed by atoms with Crippen LogP contribution in [-0.2, 0) is 17.6 Å². The van der Waals surface area contributed by atoms with E-state index in [0.29, 0.717) is 18.6 Å². The number of methoxy groups -OCH3 is 1. The van der Waals surface area contributed by atoms with Crippen LogP contribution in [0, 0.1) is 5.92 Å². The first-order valence-corrected chi connectivity index (χ1v) is 9.58. The van der Waals surface area contributed by atoms with Crippen molar-refractivity contribution >= 4 is 6.34 Å². The summed E-state index contributed by atoms with van der Waals surface area (Å²) in [4.78, 5) is 7.29. The average molecular weight is 351 g/mol. The maximum absolute atomic E-state index is 5.35. The molecule has 1 heterocycles. The highest BCUT2D eigenvalue weighted by Gasteiger charge is 2.26. The van der Waals surface area contributed by atoms with Crippen molar-refractivity contribution in [1.82, 2.24) is 4.90 Å². The maximum Gasteiger partial charge on any atom is 0.0859 e. The molecule has 1 aliphatic rings. The molecule has 26 heavy (non-hydrogen) atoms. The van der Waals surface area contributed by atoms with Crippen LogP contribution in [0.4, 0.5) is 0 Å². The minimum atomic E-state index is 0.203. The lowest BCUT2D eigenvalue weighted by molar-refractivity contribution is 0.164. The fourth-order valence-electron chi connectivity index (χ4n) is 3.62. The van der Waals surface area contributed by atoms with Crippen molar-refractivity contribution in [3.8, 4) is 0 Å². The van der Waals surface area contributed by atoms with Gasteiger partial charge in [-0.05, 0) is 35.4 Å². The summed E-state index contributed by atoms with van der Waals surface area (Å²) in [6, 6.07) is 20.1. The summed E-state index contributed by atoms with van der Waals surface area (Å²) in [5.74, 6) is 0.468. The van der Waals surface area contributed by atoms with Crippen molar-refractivity contribution < 1.29 is 4.74 Å². The second-order valence-electron chi connectivity index (χ2n) is 7.42. The predicted molar refractivity (Wildman–Crippen MR) is 109 cm³/mol. The molecule has 0 spiro atoms. The Labute approximate surface area is 157 Å². The van der Waals surface area contributed by atoms with Crippen molar-refractivity contribution in [1.29, 1.82) is 0 Å². The molecule has 0 fully saturated rings. The lowest BCUT2D eigenvalue weighted by atomic mass is 9.89. The van der Waals surface area contributed by atoms with E-state index in [1.165, 1.54) is 16.7 Å². The van der Waals surface area contributed by atoms with Gasteiger partial charge in [0, 0.05) is 13.7 Å². The van der Waals surface area contributed by atoms with E-state index in [2.05, 4.69) is 79.7 Å². The monoisotopic (exact) mass is 350 g/mol. The molecule has 1 aliphatic heterocycles. The molecule has 0 unspecified atom stereocenters. The molecule has 2 aromatic rings. The summed E-state index contributed by atoms with van der Waals surface area (Å²) in [6.07, 6.45) is 4.15. The van der Waals surface area contributed by atoms with Crippen molar-refractivity contribution in [3.05, 3.63) is 71.3 Å². The van der Waals surface area contributed by atoms with Crippen LogP contribution in [0.1, 0.15) is 36.6 Å². The van der Waals surface area contributed by atoms with Crippen LogP contribution in [-0.4, -0.2) is 37.5 Å². The predicted octanol–water partition coefficient (Wildman–Crippen LogP) is 4.53. The lowest BCUT2D eigenvalue weighted by Gasteiger charge is -2.36. The topological polar surface area (TPSA) is 24.8 Å². The summed E-state index contributed by atoms with van der Waals surface area (Å²) in [7, 11) is 1.75. The minimum Gasteiger partial charge on any atom is -0.382 e. The van der Waals surface area contributed by atoms with Gasteiger partial charge in [-0.2, -0.15) is 0 Å². The number of aliphatic imine (C=N–C) groups is 1. The van der Waals surface area contributed by atoms with E-state index in [9.17, 15) is 0 Å². The zero-order valence-electron chi connectivity index (χ0n) is 16.1. The lowest BCUT2D eigenvalue weighted by Crippen LogP contribution is -2.36. The van der Waals surface area contributed by atoms with Gasteiger partial charge in [-0.1, -0.05) is 68.4 Å². The molecule has 0 saturated carbocycles. The van der Waals surface area contributed by atoms with Gasteiger partial charge in [0.25, 0.3) is 0 Å². The molecule has 2 aromatic carbocycles. The van der Waals surface area contributed by atoms with Crippen molar-refractivity contribution in [3.63, 3.8) is 0 Å². The molecule has 0 bridgehead atoms. The van der Waals surface area contributed by atoms with E-state index < -0.39 is 0 Å². The zero-order valence-corrected chi connectivity index (χ0v) is 16.1. The molecule has 3 nitrogen and oxygen atoms in total. The molecule has 0 amide bonds. The van der Waals surface area contributed by atoms with Gasteiger partial charge < -0.3 is 9.64 Å². The van der Waals surface area contributed by atoms with Gasteiger partial charge in [0.05, 0.1) is 25.0 Å². The third-order valence-electron chi connectivity index (χ3n) is 5.24. The van der Waals surface area contributed by atoms with Gasteiger partial charge in [-0.15, -0.1) is 0 Å². The quantitative estimate of drug-likeness (QED) is 0.541. The third-order valence-corrected chi connectivity index (χ3v) is 5.24. The Morgan fingerprint density at radius 2 is 1.85 bits per heavy atom. The van der Waals surface area contributed by atoms with Gasteiger partial charge in [0.2, 0.25) is 0 Å². The second kappa shape index (κ2) is 9.00. The molecule has 0 N–H and O–H groups in total.